The van der Waals surface area contributed by atoms with Crippen molar-refractivity contribution >= 4 is 0 Å². The van der Waals surface area contributed by atoms with E-state index in [9.17, 15) is 10.2 Å². The van der Waals surface area contributed by atoms with E-state index in [0.29, 0.717) is 6.61 Å². The Labute approximate surface area is 153 Å². The number of benzene rings is 1. The van der Waals surface area contributed by atoms with Crippen LogP contribution in [0.25, 0.3) is 0 Å². The normalized spacial score (nSPS) is 31.2. The van der Waals surface area contributed by atoms with Gasteiger partial charge in [0, 0.05) is 0 Å². The van der Waals surface area contributed by atoms with Crippen LogP contribution in [0.3, 0.4) is 0 Å². The van der Waals surface area contributed by atoms with E-state index in [1.807, 2.05) is 38.1 Å². The van der Waals surface area contributed by atoms with Crippen LogP contribution >= 0.6 is 0 Å². The van der Waals surface area contributed by atoms with Crippen LogP contribution in [0.15, 0.2) is 24.3 Å². The molecule has 1 aromatic rings. The van der Waals surface area contributed by atoms with Crippen molar-refractivity contribution in [3.8, 4) is 5.75 Å². The second kappa shape index (κ2) is 7.80. The molecule has 0 unspecified atom stereocenters. The highest BCUT2D eigenvalue weighted by Gasteiger charge is 2.56. The Morgan fingerprint density at radius 1 is 1.15 bits per heavy atom. The van der Waals surface area contributed by atoms with E-state index in [1.165, 1.54) is 0 Å². The lowest BCUT2D eigenvalue weighted by atomic mass is 10.1. The summed E-state index contributed by atoms with van der Waals surface area (Å²) in [7, 11) is 0. The molecule has 3 rings (SSSR count). The number of hydrogen-bond donors (Lipinski definition) is 2. The zero-order chi connectivity index (χ0) is 18.9. The maximum absolute atomic E-state index is 10.0. The van der Waals surface area contributed by atoms with Gasteiger partial charge in [0.2, 0.25) is 0 Å². The first-order valence-electron chi connectivity index (χ1n) is 8.96. The first-order chi connectivity index (χ1) is 12.3. The van der Waals surface area contributed by atoms with Crippen LogP contribution in [-0.4, -0.2) is 59.4 Å². The molecule has 146 valence electrons. The van der Waals surface area contributed by atoms with Crippen molar-refractivity contribution in [3.63, 3.8) is 0 Å². The standard InChI is InChI=1S/C19H28O7/c1-11(2)23-13-7-5-12(6-8-13)10-22-16-15(14(21)9-20)24-18-17(16)25-19(3,4)26-18/h5-8,11,14-18,20-21H,9-10H2,1-4H3/t14-,15-,16-,17-,18+/m1/s1. The monoisotopic (exact) mass is 368 g/mol. The van der Waals surface area contributed by atoms with E-state index >= 15 is 0 Å². The van der Waals surface area contributed by atoms with Crippen molar-refractivity contribution < 1.29 is 33.9 Å². The maximum Gasteiger partial charge on any atom is 0.190 e. The molecule has 0 spiro atoms. The molecule has 2 aliphatic rings. The number of rotatable bonds is 7. The zero-order valence-corrected chi connectivity index (χ0v) is 15.6. The molecule has 2 fully saturated rings. The first kappa shape index (κ1) is 19.5. The summed E-state index contributed by atoms with van der Waals surface area (Å²) < 4.78 is 29.0. The lowest BCUT2D eigenvalue weighted by Crippen LogP contribution is -2.44. The Balaban J connectivity index is 1.65. The predicted molar refractivity (Wildman–Crippen MR) is 92.6 cm³/mol. The van der Waals surface area contributed by atoms with Crippen molar-refractivity contribution in [2.45, 2.75) is 76.9 Å². The highest BCUT2D eigenvalue weighted by Crippen LogP contribution is 2.39. The van der Waals surface area contributed by atoms with Gasteiger partial charge in [0.1, 0.15) is 30.2 Å². The summed E-state index contributed by atoms with van der Waals surface area (Å²) in [6, 6.07) is 7.65. The fourth-order valence-corrected chi connectivity index (χ4v) is 3.24. The summed E-state index contributed by atoms with van der Waals surface area (Å²) >= 11 is 0. The number of aliphatic hydroxyl groups excluding tert-OH is 2. The van der Waals surface area contributed by atoms with Gasteiger partial charge in [0.05, 0.1) is 19.3 Å². The summed E-state index contributed by atoms with van der Waals surface area (Å²) in [5, 5.41) is 19.3. The van der Waals surface area contributed by atoms with E-state index in [-0.39, 0.29) is 6.10 Å². The third kappa shape index (κ3) is 4.36. The molecule has 7 heteroatoms. The van der Waals surface area contributed by atoms with Crippen molar-refractivity contribution in [1.29, 1.82) is 0 Å². The minimum atomic E-state index is -1.07. The summed E-state index contributed by atoms with van der Waals surface area (Å²) in [6.45, 7) is 7.45. The molecule has 0 amide bonds. The molecule has 7 nitrogen and oxygen atoms in total. The minimum Gasteiger partial charge on any atom is -0.491 e. The first-order valence-corrected chi connectivity index (χ1v) is 8.96. The zero-order valence-electron chi connectivity index (χ0n) is 15.6. The predicted octanol–water partition coefficient (Wildman–Crippen LogP) is 1.59. The quantitative estimate of drug-likeness (QED) is 0.756. The van der Waals surface area contributed by atoms with Gasteiger partial charge in [-0.3, -0.25) is 0 Å². The van der Waals surface area contributed by atoms with Crippen molar-refractivity contribution in [1.82, 2.24) is 0 Å². The Hall–Kier alpha value is -1.22. The highest BCUT2D eigenvalue weighted by molar-refractivity contribution is 5.27. The number of ether oxygens (including phenoxy) is 5. The lowest BCUT2D eigenvalue weighted by molar-refractivity contribution is -0.232. The summed E-state index contributed by atoms with van der Waals surface area (Å²) in [6.07, 6.45) is -3.29. The Morgan fingerprint density at radius 3 is 2.46 bits per heavy atom. The van der Waals surface area contributed by atoms with Gasteiger partial charge in [0.25, 0.3) is 0 Å². The Morgan fingerprint density at radius 2 is 1.85 bits per heavy atom. The Bertz CT molecular complexity index is 586. The lowest BCUT2D eigenvalue weighted by Gasteiger charge is -2.28. The van der Waals surface area contributed by atoms with Gasteiger partial charge in [-0.25, -0.2) is 0 Å². The van der Waals surface area contributed by atoms with Gasteiger partial charge >= 0.3 is 0 Å². The van der Waals surface area contributed by atoms with Gasteiger partial charge in [0.15, 0.2) is 12.1 Å². The molecule has 26 heavy (non-hydrogen) atoms. The van der Waals surface area contributed by atoms with E-state index in [2.05, 4.69) is 0 Å². The fourth-order valence-electron chi connectivity index (χ4n) is 3.24. The third-order valence-electron chi connectivity index (χ3n) is 4.33. The minimum absolute atomic E-state index is 0.119. The topological polar surface area (TPSA) is 86.6 Å². The summed E-state index contributed by atoms with van der Waals surface area (Å²) in [5.41, 5.74) is 0.958. The number of hydrogen-bond acceptors (Lipinski definition) is 7. The third-order valence-corrected chi connectivity index (χ3v) is 4.33. The molecule has 2 N–H and O–H groups in total. The van der Waals surface area contributed by atoms with Gasteiger partial charge in [-0.05, 0) is 45.4 Å². The second-order valence-corrected chi connectivity index (χ2v) is 7.41. The SMILES string of the molecule is CC(C)Oc1ccc(CO[C@H]2[C@H]3OC(C)(C)O[C@@H]3O[C@@H]2[C@H](O)CO)cc1. The summed E-state index contributed by atoms with van der Waals surface area (Å²) in [4.78, 5) is 0. The van der Waals surface area contributed by atoms with E-state index in [0.717, 1.165) is 11.3 Å². The molecule has 0 aliphatic carbocycles. The van der Waals surface area contributed by atoms with Crippen LogP contribution in [0.5, 0.6) is 5.75 Å². The smallest absolute Gasteiger partial charge is 0.190 e. The molecule has 2 aliphatic heterocycles. The van der Waals surface area contributed by atoms with Crippen LogP contribution in [0, 0.1) is 0 Å². The van der Waals surface area contributed by atoms with Crippen LogP contribution in [0.2, 0.25) is 0 Å². The van der Waals surface area contributed by atoms with Crippen molar-refractivity contribution in [2.75, 3.05) is 6.61 Å². The summed E-state index contributed by atoms with van der Waals surface area (Å²) in [5.74, 6) is 0.0259. The molecule has 2 saturated heterocycles. The average molecular weight is 368 g/mol. The van der Waals surface area contributed by atoms with Crippen LogP contribution in [0.1, 0.15) is 33.3 Å². The number of fused-ring (bicyclic) bond motifs is 1. The van der Waals surface area contributed by atoms with Gasteiger partial charge in [-0.15, -0.1) is 0 Å². The molecule has 2 heterocycles. The van der Waals surface area contributed by atoms with Crippen LogP contribution < -0.4 is 4.74 Å². The maximum atomic E-state index is 10.0. The van der Waals surface area contributed by atoms with E-state index < -0.39 is 43.1 Å². The van der Waals surface area contributed by atoms with Gasteiger partial charge in [-0.2, -0.15) is 0 Å². The largest absolute Gasteiger partial charge is 0.491 e. The van der Waals surface area contributed by atoms with Crippen LogP contribution in [0.4, 0.5) is 0 Å². The molecule has 0 bridgehead atoms. The molecule has 0 aromatic heterocycles. The van der Waals surface area contributed by atoms with E-state index in [4.69, 9.17) is 23.7 Å². The molecule has 0 radical (unpaired) electrons. The molecule has 5 atom stereocenters. The van der Waals surface area contributed by atoms with Gasteiger partial charge < -0.3 is 33.9 Å². The van der Waals surface area contributed by atoms with Crippen molar-refractivity contribution in [3.05, 3.63) is 29.8 Å². The second-order valence-electron chi connectivity index (χ2n) is 7.41. The highest BCUT2D eigenvalue weighted by atomic mass is 16.8. The van der Waals surface area contributed by atoms with Crippen molar-refractivity contribution in [2.24, 2.45) is 0 Å². The molecular formula is C19H28O7. The average Bonchev–Trinajstić information content (AvgIpc) is 3.05. The van der Waals surface area contributed by atoms with Crippen LogP contribution in [-0.2, 0) is 25.6 Å². The molecule has 0 saturated carbocycles. The Kier molecular flexibility index (Phi) is 5.86. The number of aliphatic hydroxyl groups is 2. The van der Waals surface area contributed by atoms with E-state index in [1.54, 1.807) is 13.8 Å². The van der Waals surface area contributed by atoms with Gasteiger partial charge in [-0.1, -0.05) is 12.1 Å². The molecular weight excluding hydrogens is 340 g/mol. The fraction of sp³-hybridized carbons (Fsp3) is 0.684. The molecule has 1 aromatic carbocycles.